The normalized spacial score (nSPS) is 23.0. The number of nitrogens with one attached hydrogen (secondary N) is 1. The molecule has 1 aromatic rings. The van der Waals surface area contributed by atoms with Crippen LogP contribution in [0, 0.1) is 11.8 Å². The largest absolute Gasteiger partial charge is 0.469 e. The van der Waals surface area contributed by atoms with E-state index in [1.807, 2.05) is 7.05 Å². The van der Waals surface area contributed by atoms with Crippen LogP contribution in [-0.4, -0.2) is 88.2 Å². The van der Waals surface area contributed by atoms with E-state index in [-0.39, 0.29) is 17.8 Å². The van der Waals surface area contributed by atoms with Gasteiger partial charge in [-0.1, -0.05) is 25.1 Å². The topological polar surface area (TPSA) is 60.4 Å². The van der Waals surface area contributed by atoms with E-state index in [2.05, 4.69) is 62.3 Å². The Kier molecular flexibility index (Phi) is 8.37. The summed E-state index contributed by atoms with van der Waals surface area (Å²) in [6.07, 6.45) is 2.29. The van der Waals surface area contributed by atoms with Crippen LogP contribution in [0.4, 0.5) is 5.69 Å². The van der Waals surface area contributed by atoms with Gasteiger partial charge in [0, 0.05) is 58.5 Å². The Balaban J connectivity index is 1.31. The van der Waals surface area contributed by atoms with Crippen LogP contribution in [0.25, 0.3) is 0 Å². The molecule has 7 heteroatoms. The van der Waals surface area contributed by atoms with E-state index >= 15 is 0 Å². The number of unbranched alkanes of at least 4 members (excludes halogenated alkanes) is 1. The summed E-state index contributed by atoms with van der Waals surface area (Å²) in [7, 11) is 3.27. The third-order valence-corrected chi connectivity index (χ3v) is 6.31. The quantitative estimate of drug-likeness (QED) is 0.318. The highest BCUT2D eigenvalue weighted by Crippen LogP contribution is 2.24. The Morgan fingerprint density at radius 2 is 1.87 bits per heavy atom. The zero-order valence-electron chi connectivity index (χ0n) is 18.7. The standard InChI is InChI=1S/C23H37N5O2/c1-19-17-28(18-21(19)22(29)30-3)23(24-2)25-11-7-8-12-26-13-15-27(16-14-26)20-9-5-4-6-10-20/h4-6,9-10,19,21H,7-8,11-18H2,1-3H3,(H,24,25). The van der Waals surface area contributed by atoms with Gasteiger partial charge in [0.05, 0.1) is 13.0 Å². The van der Waals surface area contributed by atoms with Gasteiger partial charge < -0.3 is 19.9 Å². The van der Waals surface area contributed by atoms with Gasteiger partial charge in [-0.15, -0.1) is 0 Å². The molecule has 1 N–H and O–H groups in total. The lowest BCUT2D eigenvalue weighted by atomic mass is 9.99. The fourth-order valence-corrected chi connectivity index (χ4v) is 4.46. The summed E-state index contributed by atoms with van der Waals surface area (Å²) >= 11 is 0. The first kappa shape index (κ1) is 22.4. The number of methoxy groups -OCH3 is 1. The SMILES string of the molecule is CN=C(NCCCCN1CCN(c2ccccc2)CC1)N1CC(C)C(C(=O)OC)C1. The maximum Gasteiger partial charge on any atom is 0.310 e. The van der Waals surface area contributed by atoms with Crippen molar-refractivity contribution in [3.05, 3.63) is 30.3 Å². The van der Waals surface area contributed by atoms with Crippen LogP contribution in [0.3, 0.4) is 0 Å². The van der Waals surface area contributed by atoms with E-state index < -0.39 is 0 Å². The summed E-state index contributed by atoms with van der Waals surface area (Å²) in [5.74, 6) is 0.992. The predicted octanol–water partition coefficient (Wildman–Crippen LogP) is 1.91. The molecule has 0 bridgehead atoms. The van der Waals surface area contributed by atoms with Gasteiger partial charge in [0.25, 0.3) is 0 Å². The fraction of sp³-hybridized carbons (Fsp3) is 0.652. The molecule has 3 rings (SSSR count). The van der Waals surface area contributed by atoms with E-state index in [0.29, 0.717) is 6.54 Å². The number of esters is 1. The van der Waals surface area contributed by atoms with Crippen LogP contribution in [0.2, 0.25) is 0 Å². The van der Waals surface area contributed by atoms with Gasteiger partial charge in [-0.05, 0) is 37.4 Å². The summed E-state index contributed by atoms with van der Waals surface area (Å²) in [5, 5.41) is 3.47. The molecule has 2 saturated heterocycles. The minimum absolute atomic E-state index is 0.0666. The minimum atomic E-state index is -0.118. The van der Waals surface area contributed by atoms with Crippen LogP contribution in [-0.2, 0) is 9.53 Å². The van der Waals surface area contributed by atoms with E-state index in [9.17, 15) is 4.79 Å². The molecule has 0 radical (unpaired) electrons. The van der Waals surface area contributed by atoms with E-state index in [1.165, 1.54) is 19.2 Å². The number of hydrogen-bond donors (Lipinski definition) is 1. The minimum Gasteiger partial charge on any atom is -0.469 e. The summed E-state index contributed by atoms with van der Waals surface area (Å²) in [6, 6.07) is 10.7. The number of guanidine groups is 1. The Morgan fingerprint density at radius 1 is 1.13 bits per heavy atom. The summed E-state index contributed by atoms with van der Waals surface area (Å²) in [4.78, 5) is 23.5. The van der Waals surface area contributed by atoms with Gasteiger partial charge >= 0.3 is 5.97 Å². The Hall–Kier alpha value is -2.28. The summed E-state index contributed by atoms with van der Waals surface area (Å²) in [6.45, 7) is 10.1. The average Bonchev–Trinajstić information content (AvgIpc) is 3.18. The molecule has 2 aliphatic heterocycles. The molecule has 2 unspecified atom stereocenters. The zero-order chi connectivity index (χ0) is 21.3. The van der Waals surface area contributed by atoms with Crippen molar-refractivity contribution in [3.8, 4) is 0 Å². The third-order valence-electron chi connectivity index (χ3n) is 6.31. The second-order valence-corrected chi connectivity index (χ2v) is 8.36. The lowest BCUT2D eigenvalue weighted by Crippen LogP contribution is -2.46. The average molecular weight is 416 g/mol. The fourth-order valence-electron chi connectivity index (χ4n) is 4.46. The van der Waals surface area contributed by atoms with Crippen molar-refractivity contribution < 1.29 is 9.53 Å². The molecule has 1 aromatic carbocycles. The van der Waals surface area contributed by atoms with Crippen LogP contribution >= 0.6 is 0 Å². The van der Waals surface area contributed by atoms with Crippen LogP contribution in [0.5, 0.6) is 0 Å². The van der Waals surface area contributed by atoms with Crippen molar-refractivity contribution in [1.82, 2.24) is 15.1 Å². The van der Waals surface area contributed by atoms with Crippen molar-refractivity contribution in [2.45, 2.75) is 19.8 Å². The lowest BCUT2D eigenvalue weighted by molar-refractivity contribution is -0.145. The van der Waals surface area contributed by atoms with Crippen LogP contribution in [0.1, 0.15) is 19.8 Å². The lowest BCUT2D eigenvalue weighted by Gasteiger charge is -2.36. The number of likely N-dealkylation sites (tertiary alicyclic amines) is 1. The smallest absolute Gasteiger partial charge is 0.310 e. The van der Waals surface area contributed by atoms with Gasteiger partial charge in [0.2, 0.25) is 0 Å². The van der Waals surface area contributed by atoms with Gasteiger partial charge in [-0.25, -0.2) is 0 Å². The molecule has 7 nitrogen and oxygen atoms in total. The first-order valence-corrected chi connectivity index (χ1v) is 11.2. The first-order chi connectivity index (χ1) is 14.6. The molecule has 30 heavy (non-hydrogen) atoms. The number of aliphatic imine (C=N–C) groups is 1. The Bertz CT molecular complexity index is 688. The molecule has 2 heterocycles. The maximum absolute atomic E-state index is 11.9. The first-order valence-electron chi connectivity index (χ1n) is 11.2. The van der Waals surface area contributed by atoms with Crippen molar-refractivity contribution in [2.75, 3.05) is 71.4 Å². The number of hydrogen-bond acceptors (Lipinski definition) is 5. The highest BCUT2D eigenvalue weighted by Gasteiger charge is 2.36. The second kappa shape index (κ2) is 11.2. The molecule has 2 fully saturated rings. The number of carbonyl (C=O) groups excluding carboxylic acids is 1. The van der Waals surface area contributed by atoms with Crippen LogP contribution in [0.15, 0.2) is 35.3 Å². The Morgan fingerprint density at radius 3 is 2.53 bits per heavy atom. The summed E-state index contributed by atoms with van der Waals surface area (Å²) in [5.41, 5.74) is 1.33. The number of benzene rings is 1. The number of nitrogens with zero attached hydrogens (tertiary/aromatic N) is 4. The second-order valence-electron chi connectivity index (χ2n) is 8.36. The molecule has 166 valence electrons. The van der Waals surface area contributed by atoms with Crippen molar-refractivity contribution in [3.63, 3.8) is 0 Å². The van der Waals surface area contributed by atoms with E-state index in [0.717, 1.165) is 58.2 Å². The maximum atomic E-state index is 11.9. The summed E-state index contributed by atoms with van der Waals surface area (Å²) < 4.78 is 4.94. The molecular formula is C23H37N5O2. The number of ether oxygens (including phenoxy) is 1. The zero-order valence-corrected chi connectivity index (χ0v) is 18.7. The molecule has 0 saturated carbocycles. The van der Waals surface area contributed by atoms with E-state index in [4.69, 9.17) is 4.74 Å². The molecule has 0 spiro atoms. The number of carbonyl (C=O) groups is 1. The van der Waals surface area contributed by atoms with E-state index in [1.54, 1.807) is 0 Å². The monoisotopic (exact) mass is 415 g/mol. The van der Waals surface area contributed by atoms with Crippen LogP contribution < -0.4 is 10.2 Å². The number of piperazine rings is 1. The third kappa shape index (κ3) is 5.88. The molecule has 2 aliphatic rings. The van der Waals surface area contributed by atoms with Gasteiger partial charge in [0.1, 0.15) is 0 Å². The molecule has 2 atom stereocenters. The highest BCUT2D eigenvalue weighted by atomic mass is 16.5. The molecule has 0 aromatic heterocycles. The molecular weight excluding hydrogens is 378 g/mol. The van der Waals surface area contributed by atoms with Gasteiger partial charge in [-0.2, -0.15) is 0 Å². The molecule has 0 amide bonds. The number of para-hydroxylation sites is 1. The van der Waals surface area contributed by atoms with Crippen molar-refractivity contribution >= 4 is 17.6 Å². The predicted molar refractivity (Wildman–Crippen MR) is 122 cm³/mol. The van der Waals surface area contributed by atoms with Crippen molar-refractivity contribution in [1.29, 1.82) is 0 Å². The highest BCUT2D eigenvalue weighted by molar-refractivity contribution is 5.82. The number of rotatable bonds is 7. The number of anilines is 1. The van der Waals surface area contributed by atoms with Gasteiger partial charge in [0.15, 0.2) is 5.96 Å². The van der Waals surface area contributed by atoms with Crippen molar-refractivity contribution in [2.24, 2.45) is 16.8 Å². The van der Waals surface area contributed by atoms with Gasteiger partial charge in [-0.3, -0.25) is 14.7 Å². The molecule has 0 aliphatic carbocycles. The Labute approximate surface area is 181 Å².